The van der Waals surface area contributed by atoms with Gasteiger partial charge in [-0.1, -0.05) is 31.2 Å². The van der Waals surface area contributed by atoms with Crippen molar-refractivity contribution in [3.8, 4) is 0 Å². The lowest BCUT2D eigenvalue weighted by Crippen LogP contribution is -2.41. The van der Waals surface area contributed by atoms with Gasteiger partial charge in [0, 0.05) is 18.6 Å². The molecule has 0 aliphatic heterocycles. The predicted octanol–water partition coefficient (Wildman–Crippen LogP) is 2.60. The van der Waals surface area contributed by atoms with Crippen molar-refractivity contribution < 1.29 is 0 Å². The van der Waals surface area contributed by atoms with Crippen LogP contribution in [0.2, 0.25) is 0 Å². The third-order valence-corrected chi connectivity index (χ3v) is 4.44. The molecule has 0 radical (unpaired) electrons. The van der Waals surface area contributed by atoms with Gasteiger partial charge in [-0.05, 0) is 49.9 Å². The van der Waals surface area contributed by atoms with Crippen molar-refractivity contribution in [2.45, 2.75) is 38.3 Å². The summed E-state index contributed by atoms with van der Waals surface area (Å²) < 4.78 is 0. The monoisotopic (exact) mass is 244 g/mol. The van der Waals surface area contributed by atoms with E-state index in [0.29, 0.717) is 12.1 Å². The van der Waals surface area contributed by atoms with Crippen LogP contribution in [0.5, 0.6) is 0 Å². The lowest BCUT2D eigenvalue weighted by molar-refractivity contribution is 0.198. The second-order valence-electron chi connectivity index (χ2n) is 5.89. The molecule has 18 heavy (non-hydrogen) atoms. The van der Waals surface area contributed by atoms with E-state index < -0.39 is 0 Å². The molecule has 3 rings (SSSR count). The highest BCUT2D eigenvalue weighted by molar-refractivity contribution is 5.37. The van der Waals surface area contributed by atoms with Gasteiger partial charge < -0.3 is 10.2 Å². The molecule has 0 saturated heterocycles. The molecule has 0 spiro atoms. The summed E-state index contributed by atoms with van der Waals surface area (Å²) in [6.07, 6.45) is 4.09. The number of nitrogens with zero attached hydrogens (tertiary/aromatic N) is 1. The molecule has 98 valence electrons. The van der Waals surface area contributed by atoms with Crippen molar-refractivity contribution in [3.63, 3.8) is 0 Å². The third kappa shape index (κ3) is 2.32. The molecule has 1 N–H and O–H groups in total. The minimum atomic E-state index is 0.523. The van der Waals surface area contributed by atoms with Gasteiger partial charge in [-0.15, -0.1) is 0 Å². The second kappa shape index (κ2) is 5.02. The number of rotatable bonds is 5. The first-order chi connectivity index (χ1) is 8.79. The Morgan fingerprint density at radius 2 is 2.06 bits per heavy atom. The van der Waals surface area contributed by atoms with Crippen molar-refractivity contribution in [2.24, 2.45) is 5.92 Å². The highest BCUT2D eigenvalue weighted by Crippen LogP contribution is 2.36. The van der Waals surface area contributed by atoms with E-state index >= 15 is 0 Å². The van der Waals surface area contributed by atoms with E-state index in [9.17, 15) is 0 Å². The van der Waals surface area contributed by atoms with Crippen LogP contribution in [0.4, 0.5) is 0 Å². The summed E-state index contributed by atoms with van der Waals surface area (Å²) in [6.45, 7) is 4.53. The zero-order valence-electron chi connectivity index (χ0n) is 11.5. The number of likely N-dealkylation sites (N-methyl/N-ethyl adjacent to an activating group) is 2. The quantitative estimate of drug-likeness (QED) is 0.856. The molecule has 1 fully saturated rings. The molecule has 1 saturated carbocycles. The zero-order chi connectivity index (χ0) is 12.5. The van der Waals surface area contributed by atoms with Crippen molar-refractivity contribution in [2.75, 3.05) is 20.1 Å². The molecule has 1 aromatic carbocycles. The lowest BCUT2D eigenvalue weighted by atomic mass is 10.1. The fraction of sp³-hybridized carbons (Fsp3) is 0.625. The van der Waals surface area contributed by atoms with Crippen LogP contribution in [0, 0.1) is 5.92 Å². The van der Waals surface area contributed by atoms with Crippen molar-refractivity contribution in [1.29, 1.82) is 0 Å². The third-order valence-electron chi connectivity index (χ3n) is 4.44. The smallest absolute Gasteiger partial charge is 0.0483 e. The van der Waals surface area contributed by atoms with Crippen LogP contribution >= 0.6 is 0 Å². The van der Waals surface area contributed by atoms with Crippen LogP contribution in [0.1, 0.15) is 36.9 Å². The molecule has 2 atom stereocenters. The van der Waals surface area contributed by atoms with E-state index in [1.54, 1.807) is 0 Å². The van der Waals surface area contributed by atoms with E-state index in [-0.39, 0.29) is 0 Å². The molecule has 0 heterocycles. The normalized spacial score (nSPS) is 26.6. The number of hydrogen-bond acceptors (Lipinski definition) is 2. The van der Waals surface area contributed by atoms with Crippen LogP contribution in [0.25, 0.3) is 0 Å². The van der Waals surface area contributed by atoms with Crippen molar-refractivity contribution >= 4 is 0 Å². The van der Waals surface area contributed by atoms with Crippen LogP contribution in [-0.2, 0) is 6.42 Å². The standard InChI is InChI=1S/C16H24N2/c1-3-17-16-14-7-5-4-6-13(14)10-15(16)18(2)11-12-8-9-12/h4-7,12,15-17H,3,8-11H2,1-2H3. The summed E-state index contributed by atoms with van der Waals surface area (Å²) in [6, 6.07) is 10.1. The molecule has 2 aliphatic carbocycles. The summed E-state index contributed by atoms with van der Waals surface area (Å²) in [7, 11) is 2.30. The Hall–Kier alpha value is -0.860. The summed E-state index contributed by atoms with van der Waals surface area (Å²) in [5, 5.41) is 3.68. The zero-order valence-corrected chi connectivity index (χ0v) is 11.5. The Balaban J connectivity index is 1.78. The Labute approximate surface area is 110 Å². The Bertz CT molecular complexity index is 411. The Morgan fingerprint density at radius 3 is 2.78 bits per heavy atom. The summed E-state index contributed by atoms with van der Waals surface area (Å²) in [5.74, 6) is 0.973. The van der Waals surface area contributed by atoms with Crippen LogP contribution < -0.4 is 5.32 Å². The van der Waals surface area contributed by atoms with Gasteiger partial charge in [-0.2, -0.15) is 0 Å². The highest BCUT2D eigenvalue weighted by Gasteiger charge is 2.36. The van der Waals surface area contributed by atoms with Crippen LogP contribution in [0.15, 0.2) is 24.3 Å². The average molecular weight is 244 g/mol. The van der Waals surface area contributed by atoms with Gasteiger partial charge in [0.15, 0.2) is 0 Å². The van der Waals surface area contributed by atoms with E-state index in [2.05, 4.69) is 48.5 Å². The van der Waals surface area contributed by atoms with Gasteiger partial charge in [0.05, 0.1) is 0 Å². The summed E-state index contributed by atoms with van der Waals surface area (Å²) in [5.41, 5.74) is 3.06. The lowest BCUT2D eigenvalue weighted by Gasteiger charge is -2.30. The fourth-order valence-corrected chi connectivity index (χ4v) is 3.29. The molecule has 0 amide bonds. The van der Waals surface area contributed by atoms with Crippen LogP contribution in [0.3, 0.4) is 0 Å². The minimum absolute atomic E-state index is 0.523. The molecule has 2 unspecified atom stereocenters. The van der Waals surface area contributed by atoms with E-state index in [1.807, 2.05) is 0 Å². The molecule has 2 aliphatic rings. The predicted molar refractivity (Wildman–Crippen MR) is 75.7 cm³/mol. The molecular weight excluding hydrogens is 220 g/mol. The minimum Gasteiger partial charge on any atom is -0.309 e. The van der Waals surface area contributed by atoms with Crippen molar-refractivity contribution in [1.82, 2.24) is 10.2 Å². The largest absolute Gasteiger partial charge is 0.309 e. The molecule has 0 aromatic heterocycles. The van der Waals surface area contributed by atoms with Gasteiger partial charge in [-0.25, -0.2) is 0 Å². The first-order valence-corrected chi connectivity index (χ1v) is 7.31. The maximum atomic E-state index is 3.68. The van der Waals surface area contributed by atoms with E-state index in [4.69, 9.17) is 0 Å². The van der Waals surface area contributed by atoms with Gasteiger partial charge in [0.2, 0.25) is 0 Å². The first-order valence-electron chi connectivity index (χ1n) is 7.31. The highest BCUT2D eigenvalue weighted by atomic mass is 15.2. The summed E-state index contributed by atoms with van der Waals surface area (Å²) in [4.78, 5) is 2.59. The molecule has 0 bridgehead atoms. The van der Waals surface area contributed by atoms with Gasteiger partial charge in [-0.3, -0.25) is 0 Å². The van der Waals surface area contributed by atoms with E-state index in [1.165, 1.54) is 36.9 Å². The number of fused-ring (bicyclic) bond motifs is 1. The maximum absolute atomic E-state index is 3.68. The summed E-state index contributed by atoms with van der Waals surface area (Å²) >= 11 is 0. The van der Waals surface area contributed by atoms with Crippen molar-refractivity contribution in [3.05, 3.63) is 35.4 Å². The van der Waals surface area contributed by atoms with Gasteiger partial charge in [0.25, 0.3) is 0 Å². The topological polar surface area (TPSA) is 15.3 Å². The molecule has 2 heteroatoms. The van der Waals surface area contributed by atoms with E-state index in [0.717, 1.165) is 12.5 Å². The average Bonchev–Trinajstić information content (AvgIpc) is 3.11. The second-order valence-corrected chi connectivity index (χ2v) is 5.89. The molecular formula is C16H24N2. The van der Waals surface area contributed by atoms with Crippen LogP contribution in [-0.4, -0.2) is 31.1 Å². The van der Waals surface area contributed by atoms with Gasteiger partial charge >= 0.3 is 0 Å². The SMILES string of the molecule is CCNC1c2ccccc2CC1N(C)CC1CC1. The maximum Gasteiger partial charge on any atom is 0.0483 e. The number of nitrogens with one attached hydrogen (secondary N) is 1. The molecule has 1 aromatic rings. The molecule has 2 nitrogen and oxygen atoms in total. The Kier molecular flexibility index (Phi) is 3.40. The Morgan fingerprint density at radius 1 is 1.28 bits per heavy atom. The fourth-order valence-electron chi connectivity index (χ4n) is 3.29. The first kappa shape index (κ1) is 12.2. The van der Waals surface area contributed by atoms with Gasteiger partial charge in [0.1, 0.15) is 0 Å². The number of hydrogen-bond donors (Lipinski definition) is 1. The number of benzene rings is 1.